The van der Waals surface area contributed by atoms with Gasteiger partial charge in [-0.05, 0) is 10.4 Å². The molecule has 0 bridgehead atoms. The van der Waals surface area contributed by atoms with Gasteiger partial charge in [-0.1, -0.05) is 0 Å². The molecule has 0 aliphatic heterocycles. The van der Waals surface area contributed by atoms with Crippen molar-refractivity contribution >= 4 is 0 Å². The standard InChI is InChI=1S/Cs.HN3/c;1-3-2/h;1H/q+1;. The third-order valence-electron chi connectivity index (χ3n) is 0. The van der Waals surface area contributed by atoms with Crippen LogP contribution in [0.4, 0.5) is 0 Å². The van der Waals surface area contributed by atoms with Crippen LogP contribution >= 0.6 is 0 Å². The molecule has 1 N–H and O–H groups in total. The van der Waals surface area contributed by atoms with E-state index in [4.69, 9.17) is 11.1 Å². The zero-order valence-electron chi connectivity index (χ0n) is 2.39. The van der Waals surface area contributed by atoms with Crippen molar-refractivity contribution in [3.63, 3.8) is 0 Å². The SMILES string of the molecule is [Cs+].[N-]=[N+]=N. The van der Waals surface area contributed by atoms with E-state index in [0.717, 1.165) is 0 Å². The van der Waals surface area contributed by atoms with Crippen molar-refractivity contribution in [2.45, 2.75) is 0 Å². The van der Waals surface area contributed by atoms with Crippen molar-refractivity contribution in [2.75, 3.05) is 0 Å². The summed E-state index contributed by atoms with van der Waals surface area (Å²) in [6.07, 6.45) is 0. The second-order valence-corrected chi connectivity index (χ2v) is 0.100. The average molecular weight is 176 g/mol. The van der Waals surface area contributed by atoms with Crippen LogP contribution in [0.5, 0.6) is 0 Å². The number of hydrogen-bond acceptors (Lipinski definition) is 1. The molecule has 0 aliphatic carbocycles. The molecule has 0 radical (unpaired) electrons. The van der Waals surface area contributed by atoms with Gasteiger partial charge in [0.1, 0.15) is 0 Å². The normalized spacial score (nSPS) is 2.00. The van der Waals surface area contributed by atoms with Crippen LogP contribution in [0.2, 0.25) is 0 Å². The number of rotatable bonds is 0. The van der Waals surface area contributed by atoms with Crippen LogP contribution in [0.3, 0.4) is 0 Å². The van der Waals surface area contributed by atoms with E-state index in [2.05, 4.69) is 0 Å². The van der Waals surface area contributed by atoms with E-state index in [1.54, 1.807) is 4.91 Å². The van der Waals surface area contributed by atoms with Crippen molar-refractivity contribution < 1.29 is 68.9 Å². The molecule has 0 atom stereocenters. The smallest absolute Gasteiger partial charge is 0.108 e. The third-order valence-corrected chi connectivity index (χ3v) is 0. The van der Waals surface area contributed by atoms with Crippen LogP contribution in [-0.4, -0.2) is 0 Å². The molecule has 3 nitrogen and oxygen atoms in total. The molecule has 0 amide bonds. The number of hydrogen-bond donors (Lipinski definition) is 1. The summed E-state index contributed by atoms with van der Waals surface area (Å²) in [6, 6.07) is 0. The predicted molar refractivity (Wildman–Crippen MR) is 9.44 cm³/mol. The molecule has 0 unspecified atom stereocenters. The van der Waals surface area contributed by atoms with Crippen LogP contribution in [0, 0.1) is 5.53 Å². The Morgan fingerprint density at radius 1 is 1.75 bits per heavy atom. The summed E-state index contributed by atoms with van der Waals surface area (Å²) in [5.74, 6) is 0. The fraction of sp³-hybridized carbons (Fsp3) is 0. The maximum Gasteiger partial charge on any atom is 1.00 e. The fourth-order valence-electron chi connectivity index (χ4n) is 0. The van der Waals surface area contributed by atoms with Gasteiger partial charge in [-0.2, -0.15) is 0 Å². The first kappa shape index (κ1) is 9.03. The quantitative estimate of drug-likeness (QED) is 0.249. The van der Waals surface area contributed by atoms with Gasteiger partial charge in [-0.15, -0.1) is 5.53 Å². The molecule has 0 aromatic heterocycles. The van der Waals surface area contributed by atoms with Gasteiger partial charge in [0.15, 0.2) is 0 Å². The Kier molecular flexibility index (Phi) is 19.9. The van der Waals surface area contributed by atoms with Crippen LogP contribution in [0.25, 0.3) is 10.4 Å². The predicted octanol–water partition coefficient (Wildman–Crippen LogP) is -2.12. The van der Waals surface area contributed by atoms with E-state index in [1.165, 1.54) is 0 Å². The van der Waals surface area contributed by atoms with Crippen molar-refractivity contribution in [3.8, 4) is 0 Å². The average Bonchev–Trinajstić information content (AvgIpc) is 0.918. The fourth-order valence-corrected chi connectivity index (χ4v) is 0. The minimum atomic E-state index is 0. The van der Waals surface area contributed by atoms with Gasteiger partial charge >= 0.3 is 68.9 Å². The van der Waals surface area contributed by atoms with E-state index in [0.29, 0.717) is 0 Å². The van der Waals surface area contributed by atoms with E-state index in [-0.39, 0.29) is 68.9 Å². The molecule has 0 heterocycles. The first-order chi connectivity index (χ1) is 1.41. The zero-order valence-corrected chi connectivity index (χ0v) is 8.67. The minimum absolute atomic E-state index is 0. The molecule has 0 aliphatic rings. The first-order valence-corrected chi connectivity index (χ1v) is 0.424. The van der Waals surface area contributed by atoms with E-state index < -0.39 is 0 Å². The molecule has 0 fully saturated rings. The zero-order chi connectivity index (χ0) is 2.71. The molecule has 4 heteroatoms. The van der Waals surface area contributed by atoms with E-state index in [9.17, 15) is 0 Å². The summed E-state index contributed by atoms with van der Waals surface area (Å²) in [6.45, 7) is 0. The monoisotopic (exact) mass is 176 g/mol. The van der Waals surface area contributed by atoms with Gasteiger partial charge in [0.25, 0.3) is 0 Å². The Morgan fingerprint density at radius 2 is 1.75 bits per heavy atom. The molecular weight excluding hydrogens is 175 g/mol. The third kappa shape index (κ3) is 10.1. The first-order valence-electron chi connectivity index (χ1n) is 0.424. The molecule has 0 spiro atoms. The number of nitrogens with zero attached hydrogens (tertiary/aromatic N) is 2. The second-order valence-electron chi connectivity index (χ2n) is 0.100. The van der Waals surface area contributed by atoms with Gasteiger partial charge in [-0.25, -0.2) is 0 Å². The summed E-state index contributed by atoms with van der Waals surface area (Å²) in [4.78, 5) is 1.75. The van der Waals surface area contributed by atoms with Crippen LogP contribution in [-0.2, 0) is 0 Å². The van der Waals surface area contributed by atoms with Gasteiger partial charge in [0.2, 0.25) is 0 Å². The number of nitrogens with one attached hydrogen (secondary N) is 1. The molecular formula is HCsN3+. The summed E-state index contributed by atoms with van der Waals surface area (Å²) >= 11 is 0. The van der Waals surface area contributed by atoms with Crippen molar-refractivity contribution in [1.29, 1.82) is 5.53 Å². The van der Waals surface area contributed by atoms with Gasteiger partial charge < -0.3 is 0 Å². The molecule has 0 saturated heterocycles. The maximum atomic E-state index is 6.86. The molecule has 0 aromatic rings. The summed E-state index contributed by atoms with van der Waals surface area (Å²) in [7, 11) is 0. The molecule has 16 valence electrons. The van der Waals surface area contributed by atoms with Crippen LogP contribution in [0.15, 0.2) is 0 Å². The molecule has 4 heavy (non-hydrogen) atoms. The van der Waals surface area contributed by atoms with Gasteiger partial charge in [0.05, 0.1) is 0 Å². The van der Waals surface area contributed by atoms with Gasteiger partial charge in [-0.3, -0.25) is 0 Å². The Balaban J connectivity index is 0. The Labute approximate surface area is 82.6 Å². The molecule has 0 saturated carbocycles. The Hall–Kier alpha value is 1.36. The Morgan fingerprint density at radius 3 is 1.75 bits per heavy atom. The summed E-state index contributed by atoms with van der Waals surface area (Å²) < 4.78 is 0. The van der Waals surface area contributed by atoms with Crippen molar-refractivity contribution in [2.24, 2.45) is 0 Å². The summed E-state index contributed by atoms with van der Waals surface area (Å²) in [5.41, 5.74) is 12.2. The molecule has 0 rings (SSSR count). The van der Waals surface area contributed by atoms with E-state index in [1.807, 2.05) is 0 Å². The van der Waals surface area contributed by atoms with E-state index >= 15 is 0 Å². The van der Waals surface area contributed by atoms with Crippen LogP contribution < -0.4 is 68.9 Å². The minimum Gasteiger partial charge on any atom is -0.108 e. The summed E-state index contributed by atoms with van der Waals surface area (Å²) in [5, 5.41) is 0. The largest absolute Gasteiger partial charge is 1.00 e. The van der Waals surface area contributed by atoms with Crippen molar-refractivity contribution in [3.05, 3.63) is 10.4 Å². The van der Waals surface area contributed by atoms with Gasteiger partial charge in [0, 0.05) is 0 Å². The van der Waals surface area contributed by atoms with Crippen molar-refractivity contribution in [1.82, 2.24) is 0 Å². The second kappa shape index (κ2) is 8.84. The van der Waals surface area contributed by atoms with Crippen LogP contribution in [0.1, 0.15) is 0 Å². The molecule has 0 aromatic carbocycles. The Bertz CT molecular complexity index is 24.3. The maximum absolute atomic E-state index is 6.86. The topological polar surface area (TPSA) is 60.3 Å².